The number of para-hydroxylation sites is 2. The molecule has 2 aromatic heterocycles. The minimum Gasteiger partial charge on any atom is -0.495 e. The molecule has 2 aromatic carbocycles. The largest absolute Gasteiger partial charge is 0.495 e. The summed E-state index contributed by atoms with van der Waals surface area (Å²) in [4.78, 5) is 31.3. The van der Waals surface area contributed by atoms with Gasteiger partial charge in [0.2, 0.25) is 0 Å². The predicted molar refractivity (Wildman–Crippen MR) is 127 cm³/mol. The topological polar surface area (TPSA) is 61.2 Å². The Morgan fingerprint density at radius 3 is 2.59 bits per heavy atom. The fourth-order valence-electron chi connectivity index (χ4n) is 4.07. The Morgan fingerprint density at radius 2 is 1.81 bits per heavy atom. The van der Waals surface area contributed by atoms with E-state index in [0.29, 0.717) is 45.4 Å². The number of pyridine rings is 1. The molecule has 7 heteroatoms. The van der Waals surface area contributed by atoms with Crippen molar-refractivity contribution >= 4 is 28.7 Å². The molecule has 0 spiro atoms. The van der Waals surface area contributed by atoms with E-state index in [9.17, 15) is 9.59 Å². The maximum atomic E-state index is 13.8. The van der Waals surface area contributed by atoms with E-state index in [4.69, 9.17) is 21.3 Å². The molecule has 0 amide bonds. The first-order chi connectivity index (χ1) is 15.6. The molecule has 0 saturated heterocycles. The summed E-state index contributed by atoms with van der Waals surface area (Å²) in [6.07, 6.45) is 1.85. The number of carbonyl (C=O) groups excluding carboxylic acids is 1. The van der Waals surface area contributed by atoms with Crippen LogP contribution in [-0.4, -0.2) is 22.4 Å². The molecular weight excluding hydrogens is 444 g/mol. The molecule has 0 fully saturated rings. The molecule has 0 bridgehead atoms. The molecular formula is C25H19ClN2O3S. The summed E-state index contributed by atoms with van der Waals surface area (Å²) in [5, 5.41) is 3.13. The molecule has 0 atom stereocenters. The molecule has 4 aromatic rings. The van der Waals surface area contributed by atoms with E-state index in [1.807, 2.05) is 53.9 Å². The molecule has 1 aliphatic rings. The van der Waals surface area contributed by atoms with E-state index in [2.05, 4.69) is 0 Å². The third-order valence-corrected chi connectivity index (χ3v) is 6.75. The van der Waals surface area contributed by atoms with Crippen molar-refractivity contribution in [2.45, 2.75) is 19.3 Å². The van der Waals surface area contributed by atoms with Crippen LogP contribution in [0.4, 0.5) is 0 Å². The summed E-state index contributed by atoms with van der Waals surface area (Å²) in [5.41, 5.74) is 3.82. The number of Topliss-reactive ketones (excluding diaryl/α,β-unsaturated/α-hetero) is 1. The molecule has 2 heterocycles. The van der Waals surface area contributed by atoms with Gasteiger partial charge in [0.1, 0.15) is 10.8 Å². The number of rotatable bonds is 4. The number of methoxy groups -OCH3 is 1. The van der Waals surface area contributed by atoms with Crippen molar-refractivity contribution in [1.82, 2.24) is 9.55 Å². The van der Waals surface area contributed by atoms with Gasteiger partial charge in [-0.15, -0.1) is 11.3 Å². The third kappa shape index (κ3) is 3.55. The third-order valence-electron chi connectivity index (χ3n) is 5.62. The minimum atomic E-state index is -0.208. The van der Waals surface area contributed by atoms with Crippen LogP contribution < -0.4 is 10.3 Å². The lowest BCUT2D eigenvalue weighted by Gasteiger charge is -2.22. The fourth-order valence-corrected chi connectivity index (χ4v) is 5.03. The number of hydrogen-bond donors (Lipinski definition) is 0. The zero-order chi connectivity index (χ0) is 22.2. The molecule has 0 saturated carbocycles. The average Bonchev–Trinajstić information content (AvgIpc) is 3.29. The molecule has 5 rings (SSSR count). The highest BCUT2D eigenvalue weighted by Crippen LogP contribution is 2.33. The lowest BCUT2D eigenvalue weighted by atomic mass is 9.93. The van der Waals surface area contributed by atoms with Gasteiger partial charge in [-0.3, -0.25) is 14.2 Å². The fraction of sp³-hybridized carbons (Fsp3) is 0.160. The second-order valence-corrected chi connectivity index (χ2v) is 8.85. The number of aromatic nitrogens is 2. The van der Waals surface area contributed by atoms with Gasteiger partial charge in [0.25, 0.3) is 5.56 Å². The van der Waals surface area contributed by atoms with Gasteiger partial charge in [-0.2, -0.15) is 0 Å². The van der Waals surface area contributed by atoms with Crippen LogP contribution in [0.15, 0.2) is 64.8 Å². The van der Waals surface area contributed by atoms with Gasteiger partial charge in [0.15, 0.2) is 5.78 Å². The zero-order valence-corrected chi connectivity index (χ0v) is 18.9. The average molecular weight is 463 g/mol. The number of halogens is 1. The summed E-state index contributed by atoms with van der Waals surface area (Å²) >= 11 is 7.38. The Bertz CT molecular complexity index is 1390. The van der Waals surface area contributed by atoms with Gasteiger partial charge in [-0.1, -0.05) is 35.9 Å². The van der Waals surface area contributed by atoms with Gasteiger partial charge in [-0.25, -0.2) is 4.98 Å². The summed E-state index contributed by atoms with van der Waals surface area (Å²) < 4.78 is 7.15. The lowest BCUT2D eigenvalue weighted by Crippen LogP contribution is -2.29. The lowest BCUT2D eigenvalue weighted by molar-refractivity contribution is 0.0971. The maximum Gasteiger partial charge on any atom is 0.265 e. The van der Waals surface area contributed by atoms with Gasteiger partial charge < -0.3 is 4.74 Å². The molecule has 160 valence electrons. The van der Waals surface area contributed by atoms with Crippen molar-refractivity contribution in [3.63, 3.8) is 0 Å². The first-order valence-corrected chi connectivity index (χ1v) is 11.5. The van der Waals surface area contributed by atoms with Crippen LogP contribution in [0.25, 0.3) is 27.5 Å². The maximum absolute atomic E-state index is 13.8. The van der Waals surface area contributed by atoms with Crippen molar-refractivity contribution in [2.75, 3.05) is 7.11 Å². The van der Waals surface area contributed by atoms with E-state index in [-0.39, 0.29) is 11.3 Å². The van der Waals surface area contributed by atoms with E-state index in [0.717, 1.165) is 23.4 Å². The molecule has 5 nitrogen and oxygen atoms in total. The molecule has 0 unspecified atom stereocenters. The zero-order valence-electron chi connectivity index (χ0n) is 17.3. The van der Waals surface area contributed by atoms with Gasteiger partial charge in [0.05, 0.1) is 24.1 Å². The number of ether oxygens (including phenoxy) is 1. The van der Waals surface area contributed by atoms with Crippen molar-refractivity contribution in [3.8, 4) is 33.3 Å². The predicted octanol–water partition coefficient (Wildman–Crippen LogP) is 5.81. The Labute approximate surface area is 193 Å². The molecule has 1 aliphatic carbocycles. The molecule has 0 radical (unpaired) electrons. The monoisotopic (exact) mass is 462 g/mol. The number of ketones is 1. The van der Waals surface area contributed by atoms with Gasteiger partial charge in [-0.05, 0) is 43.2 Å². The molecule has 0 N–H and O–H groups in total. The Hall–Kier alpha value is -3.22. The van der Waals surface area contributed by atoms with Crippen LogP contribution in [0.1, 0.15) is 28.9 Å². The summed E-state index contributed by atoms with van der Waals surface area (Å²) in [5.74, 6) is 0.624. The number of hydrogen-bond acceptors (Lipinski definition) is 5. The highest BCUT2D eigenvalue weighted by Gasteiger charge is 2.26. The minimum absolute atomic E-state index is 0.0469. The summed E-state index contributed by atoms with van der Waals surface area (Å²) in [6.45, 7) is 0. The van der Waals surface area contributed by atoms with Crippen molar-refractivity contribution in [1.29, 1.82) is 0 Å². The SMILES string of the molecule is COc1ccccc1-n1c2c(cc(-c3nc(-c4ccc(Cl)cc4)cs3)c1=O)C(=O)CCC2. The van der Waals surface area contributed by atoms with Crippen LogP contribution in [0.3, 0.4) is 0 Å². The van der Waals surface area contributed by atoms with Crippen LogP contribution in [0.5, 0.6) is 5.75 Å². The van der Waals surface area contributed by atoms with Gasteiger partial charge >= 0.3 is 0 Å². The summed E-state index contributed by atoms with van der Waals surface area (Å²) in [7, 11) is 1.57. The first kappa shape index (κ1) is 20.7. The van der Waals surface area contributed by atoms with E-state index < -0.39 is 0 Å². The second-order valence-electron chi connectivity index (χ2n) is 7.55. The van der Waals surface area contributed by atoms with E-state index in [1.54, 1.807) is 17.7 Å². The van der Waals surface area contributed by atoms with E-state index in [1.165, 1.54) is 11.3 Å². The Kier molecular flexibility index (Phi) is 5.41. The Balaban J connectivity index is 1.73. The van der Waals surface area contributed by atoms with Gasteiger partial charge in [0, 0.05) is 33.6 Å². The standard InChI is InChI=1S/C25H19ClN2O3S/c1-31-23-8-3-2-5-21(23)28-20-6-4-7-22(29)17(20)13-18(25(28)30)24-27-19(14-32-24)15-9-11-16(26)12-10-15/h2-3,5,8-14H,4,6-7H2,1H3. The highest BCUT2D eigenvalue weighted by atomic mass is 35.5. The number of benzene rings is 2. The number of fused-ring (bicyclic) bond motifs is 1. The first-order valence-electron chi connectivity index (χ1n) is 10.2. The molecule has 0 aliphatic heterocycles. The van der Waals surface area contributed by atoms with Crippen LogP contribution in [0, 0.1) is 0 Å². The summed E-state index contributed by atoms with van der Waals surface area (Å²) in [6, 6.07) is 16.5. The van der Waals surface area contributed by atoms with Crippen molar-refractivity contribution < 1.29 is 9.53 Å². The number of carbonyl (C=O) groups is 1. The molecule has 32 heavy (non-hydrogen) atoms. The van der Waals surface area contributed by atoms with Crippen molar-refractivity contribution in [3.05, 3.63) is 86.6 Å². The highest BCUT2D eigenvalue weighted by molar-refractivity contribution is 7.13. The van der Waals surface area contributed by atoms with Crippen LogP contribution in [0.2, 0.25) is 5.02 Å². The number of nitrogens with zero attached hydrogens (tertiary/aromatic N) is 2. The van der Waals surface area contributed by atoms with E-state index >= 15 is 0 Å². The van der Waals surface area contributed by atoms with Crippen molar-refractivity contribution in [2.24, 2.45) is 0 Å². The number of thiazole rings is 1. The quantitative estimate of drug-likeness (QED) is 0.384. The smallest absolute Gasteiger partial charge is 0.265 e. The van der Waals surface area contributed by atoms with Crippen LogP contribution >= 0.6 is 22.9 Å². The normalized spacial score (nSPS) is 13.1. The second kappa shape index (κ2) is 8.37. The Morgan fingerprint density at radius 1 is 1.03 bits per heavy atom. The van der Waals surface area contributed by atoms with Crippen LogP contribution in [-0.2, 0) is 6.42 Å².